The van der Waals surface area contributed by atoms with E-state index in [-0.39, 0.29) is 31.5 Å². The van der Waals surface area contributed by atoms with E-state index >= 15 is 0 Å². The molecule has 3 heterocycles. The fraction of sp³-hybridized carbons (Fsp3) is 0.617. The predicted molar refractivity (Wildman–Crippen MR) is 252 cm³/mol. The van der Waals surface area contributed by atoms with Gasteiger partial charge in [0.05, 0.1) is 17.8 Å². The van der Waals surface area contributed by atoms with Crippen LogP contribution in [0.3, 0.4) is 0 Å². The van der Waals surface area contributed by atoms with Crippen molar-refractivity contribution < 1.29 is 38.5 Å². The van der Waals surface area contributed by atoms with Crippen LogP contribution in [0.1, 0.15) is 73.6 Å². The average Bonchev–Trinajstić information content (AvgIpc) is 3.92. The molecule has 1 aromatic carbocycles. The Labute approximate surface area is 390 Å². The van der Waals surface area contributed by atoms with Crippen LogP contribution in [-0.2, 0) is 19.1 Å². The van der Waals surface area contributed by atoms with Gasteiger partial charge in [-0.05, 0) is 89.6 Å². The molecule has 0 bridgehead atoms. The lowest BCUT2D eigenvalue weighted by Crippen LogP contribution is -2.59. The lowest BCUT2D eigenvalue weighted by molar-refractivity contribution is -0.146. The van der Waals surface area contributed by atoms with Crippen molar-refractivity contribution >= 4 is 62.8 Å². The van der Waals surface area contributed by atoms with Crippen LogP contribution >= 0.6 is 22.9 Å². The van der Waals surface area contributed by atoms with Crippen molar-refractivity contribution in [2.75, 3.05) is 58.7 Å². The zero-order valence-corrected chi connectivity index (χ0v) is 40.4. The molecule has 3 amide bonds. The number of thiazole rings is 1. The number of hydrogen-bond acceptors (Lipinski definition) is 13. The summed E-state index contributed by atoms with van der Waals surface area (Å²) in [5.41, 5.74) is -0.839. The third-order valence-corrected chi connectivity index (χ3v) is 14.3. The van der Waals surface area contributed by atoms with Crippen molar-refractivity contribution in [2.24, 2.45) is 23.2 Å². The van der Waals surface area contributed by atoms with E-state index in [1.165, 1.54) is 28.7 Å². The number of ether oxygens (including phenoxy) is 3. The number of carboxylic acid groups (broad SMARTS) is 1. The summed E-state index contributed by atoms with van der Waals surface area (Å²) in [5.74, 6) is -0.781. The van der Waals surface area contributed by atoms with Gasteiger partial charge in [-0.3, -0.25) is 9.59 Å². The van der Waals surface area contributed by atoms with Crippen LogP contribution in [0.25, 0.3) is 22.3 Å². The summed E-state index contributed by atoms with van der Waals surface area (Å²) in [6, 6.07) is 3.31. The van der Waals surface area contributed by atoms with Gasteiger partial charge in [0.25, 0.3) is 0 Å². The smallest absolute Gasteiger partial charge is 0.408 e. The molecule has 2 aromatic heterocycles. The van der Waals surface area contributed by atoms with Gasteiger partial charge in [0.2, 0.25) is 11.8 Å². The maximum atomic E-state index is 14.8. The van der Waals surface area contributed by atoms with Crippen LogP contribution in [0.5, 0.6) is 11.5 Å². The van der Waals surface area contributed by atoms with Crippen LogP contribution in [0.15, 0.2) is 36.2 Å². The first-order valence-electron chi connectivity index (χ1n) is 22.8. The summed E-state index contributed by atoms with van der Waals surface area (Å²) in [6.07, 6.45) is 2.86. The number of amides is 3. The molecule has 65 heavy (non-hydrogen) atoms. The van der Waals surface area contributed by atoms with E-state index in [9.17, 15) is 24.3 Å². The summed E-state index contributed by atoms with van der Waals surface area (Å²) in [7, 11) is 4.14. The van der Waals surface area contributed by atoms with Crippen molar-refractivity contribution in [1.82, 2.24) is 35.3 Å². The molecule has 7 rings (SSSR count). The standard InChI is InChI=1S/C47H65ClN8O8S/c1-10-29-23-47(29,43(59)60)53-41(57)35-21-31(24-56(35)42(58)40(46(5,6)7)52-45(61)64-30-19-27-18-28(27)20-30)63-37-22-33(34-25-65-44(51-34)49-26(3)4)50-39-32(37)12-13-36(38(39)48)62-17-16-55(9)15-14-54(8)11-2/h10,12-13,22,25-31,35,40H,1,11,14-21,23-24H2,2-9H3,(H,49,51)(H,52,61)(H,53,57)(H,59,60)/t27-,28+,29-,30?,31-,35+,40-,47?/m1/s1. The number of aromatic nitrogens is 2. The van der Waals surface area contributed by atoms with E-state index in [2.05, 4.69) is 53.3 Å². The van der Waals surface area contributed by atoms with E-state index in [4.69, 9.17) is 35.8 Å². The van der Waals surface area contributed by atoms with Gasteiger partial charge in [0, 0.05) is 54.8 Å². The Morgan fingerprint density at radius 3 is 2.40 bits per heavy atom. The Bertz CT molecular complexity index is 2260. The first kappa shape index (κ1) is 48.2. The number of carbonyl (C=O) groups excluding carboxylic acids is 3. The van der Waals surface area contributed by atoms with E-state index < -0.39 is 58.9 Å². The van der Waals surface area contributed by atoms with Gasteiger partial charge in [0.15, 0.2) is 5.13 Å². The lowest BCUT2D eigenvalue weighted by atomic mass is 9.85. The predicted octanol–water partition coefficient (Wildman–Crippen LogP) is 6.53. The second-order valence-electron chi connectivity index (χ2n) is 19.7. The highest BCUT2D eigenvalue weighted by molar-refractivity contribution is 7.14. The SMILES string of the molecule is C=C[C@@H]1CC1(NC(=O)[C@@H]1C[C@@H](Oc2cc(-c3csc(NC(C)C)n3)nc3c(Cl)c(OCCN(C)CCN(C)CC)ccc23)CN1C(=O)[C@@H](NC(=O)OC1C[C@@H]2C[C@@H]2C1)C(C)(C)C)C(=O)O. The monoisotopic (exact) mass is 936 g/mol. The fourth-order valence-electron chi connectivity index (χ4n) is 8.92. The molecular formula is C47H65ClN8O8S. The Kier molecular flexibility index (Phi) is 14.6. The normalized spacial score (nSPS) is 25.1. The Balaban J connectivity index is 1.18. The van der Waals surface area contributed by atoms with Gasteiger partial charge in [-0.1, -0.05) is 45.4 Å². The summed E-state index contributed by atoms with van der Waals surface area (Å²) < 4.78 is 18.8. The molecule has 0 spiro atoms. The molecule has 2 unspecified atom stereocenters. The van der Waals surface area contributed by atoms with Crippen LogP contribution in [0, 0.1) is 23.2 Å². The average molecular weight is 938 g/mol. The van der Waals surface area contributed by atoms with Crippen molar-refractivity contribution in [3.05, 3.63) is 41.3 Å². The van der Waals surface area contributed by atoms with Gasteiger partial charge in [-0.25, -0.2) is 19.6 Å². The number of benzene rings is 1. The van der Waals surface area contributed by atoms with Crippen LogP contribution in [-0.4, -0.2) is 143 Å². The highest BCUT2D eigenvalue weighted by Gasteiger charge is 2.61. The largest absolute Gasteiger partial charge is 0.491 e. The third kappa shape index (κ3) is 11.1. The van der Waals surface area contributed by atoms with Gasteiger partial charge < -0.3 is 50.0 Å². The number of carboxylic acids is 1. The van der Waals surface area contributed by atoms with Crippen molar-refractivity contribution in [3.63, 3.8) is 0 Å². The van der Waals surface area contributed by atoms with Gasteiger partial charge >= 0.3 is 12.1 Å². The van der Waals surface area contributed by atoms with E-state index in [1.807, 2.05) is 46.1 Å². The number of fused-ring (bicyclic) bond motifs is 2. The maximum absolute atomic E-state index is 14.8. The lowest BCUT2D eigenvalue weighted by Gasteiger charge is -2.35. The minimum absolute atomic E-state index is 0.0208. The topological polar surface area (TPSA) is 188 Å². The summed E-state index contributed by atoms with van der Waals surface area (Å²) in [4.78, 5) is 70.7. The van der Waals surface area contributed by atoms with Gasteiger partial charge in [-0.15, -0.1) is 17.9 Å². The molecule has 354 valence electrons. The number of rotatable bonds is 20. The Morgan fingerprint density at radius 2 is 1.75 bits per heavy atom. The maximum Gasteiger partial charge on any atom is 0.408 e. The molecule has 0 radical (unpaired) electrons. The van der Waals surface area contributed by atoms with Crippen LogP contribution < -0.4 is 25.4 Å². The summed E-state index contributed by atoms with van der Waals surface area (Å²) >= 11 is 8.57. The number of aliphatic carboxylic acids is 1. The van der Waals surface area contributed by atoms with Gasteiger partial charge in [-0.2, -0.15) is 0 Å². The molecule has 4 aliphatic rings. The summed E-state index contributed by atoms with van der Waals surface area (Å²) in [6.45, 7) is 19.2. The molecule has 1 aliphatic heterocycles. The second kappa shape index (κ2) is 19.6. The van der Waals surface area contributed by atoms with Crippen molar-refractivity contribution in [3.8, 4) is 22.9 Å². The molecule has 4 fully saturated rings. The molecule has 3 saturated carbocycles. The highest BCUT2D eigenvalue weighted by atomic mass is 35.5. The van der Waals surface area contributed by atoms with E-state index in [0.29, 0.717) is 63.8 Å². The molecule has 3 aliphatic carbocycles. The first-order valence-corrected chi connectivity index (χ1v) is 24.0. The number of likely N-dealkylation sites (tertiary alicyclic amines) is 1. The van der Waals surface area contributed by atoms with E-state index in [1.54, 1.807) is 12.1 Å². The number of nitrogens with zero attached hydrogens (tertiary/aromatic N) is 5. The number of halogens is 1. The quantitative estimate of drug-likeness (QED) is 0.0898. The number of alkyl carbamates (subject to hydrolysis) is 1. The molecular weight excluding hydrogens is 872 g/mol. The highest BCUT2D eigenvalue weighted by Crippen LogP contribution is 2.52. The molecule has 8 atom stereocenters. The number of nitrogens with one attached hydrogen (secondary N) is 3. The van der Waals surface area contributed by atoms with Crippen molar-refractivity contribution in [2.45, 2.75) is 110 Å². The Morgan fingerprint density at radius 1 is 1.03 bits per heavy atom. The molecule has 4 N–H and O–H groups in total. The number of hydrogen-bond donors (Lipinski definition) is 4. The first-order chi connectivity index (χ1) is 30.8. The number of pyridine rings is 1. The molecule has 1 saturated heterocycles. The molecule has 18 heteroatoms. The summed E-state index contributed by atoms with van der Waals surface area (Å²) in [5, 5.41) is 22.6. The number of carbonyl (C=O) groups is 4. The minimum Gasteiger partial charge on any atom is -0.491 e. The van der Waals surface area contributed by atoms with Crippen LogP contribution in [0.4, 0.5) is 9.93 Å². The minimum atomic E-state index is -1.54. The zero-order chi connectivity index (χ0) is 47.0. The molecule has 16 nitrogen and oxygen atoms in total. The van der Waals surface area contributed by atoms with Gasteiger partial charge in [0.1, 0.15) is 58.7 Å². The number of anilines is 1. The Hall–Kier alpha value is -4.71. The fourth-order valence-corrected chi connectivity index (χ4v) is 10.0. The number of likely N-dealkylation sites (N-methyl/N-ethyl adjacent to an activating group) is 2. The van der Waals surface area contributed by atoms with E-state index in [0.717, 1.165) is 37.6 Å². The molecule has 3 aromatic rings. The zero-order valence-electron chi connectivity index (χ0n) is 38.8. The van der Waals surface area contributed by atoms with Crippen molar-refractivity contribution in [1.29, 1.82) is 0 Å². The second-order valence-corrected chi connectivity index (χ2v) is 20.9. The third-order valence-electron chi connectivity index (χ3n) is 13.2. The van der Waals surface area contributed by atoms with Crippen LogP contribution in [0.2, 0.25) is 5.02 Å².